The molecule has 0 unspecified atom stereocenters. The van der Waals surface area contributed by atoms with Gasteiger partial charge in [0, 0.05) is 34.4 Å². The Kier molecular flexibility index (Phi) is 6.85. The van der Waals surface area contributed by atoms with E-state index in [0.29, 0.717) is 39.9 Å². The van der Waals surface area contributed by atoms with Gasteiger partial charge in [-0.2, -0.15) is 0 Å². The molecule has 0 spiro atoms. The van der Waals surface area contributed by atoms with Gasteiger partial charge < -0.3 is 10.2 Å². The van der Waals surface area contributed by atoms with E-state index >= 15 is 0 Å². The molecule has 2 rings (SSSR count). The van der Waals surface area contributed by atoms with E-state index in [-0.39, 0.29) is 18.2 Å². The molecular formula is C19H20Cl2N2O2. The zero-order valence-electron chi connectivity index (χ0n) is 14.2. The average Bonchev–Trinajstić information content (AvgIpc) is 2.58. The van der Waals surface area contributed by atoms with Crippen molar-refractivity contribution < 1.29 is 9.59 Å². The van der Waals surface area contributed by atoms with Crippen LogP contribution in [0.25, 0.3) is 0 Å². The number of hydrogen-bond donors (Lipinski definition) is 1. The summed E-state index contributed by atoms with van der Waals surface area (Å²) >= 11 is 12.0. The van der Waals surface area contributed by atoms with Crippen molar-refractivity contribution in [2.75, 3.05) is 18.4 Å². The van der Waals surface area contributed by atoms with Crippen LogP contribution in [0.1, 0.15) is 29.8 Å². The van der Waals surface area contributed by atoms with Gasteiger partial charge in [-0.15, -0.1) is 0 Å². The van der Waals surface area contributed by atoms with E-state index in [1.165, 1.54) is 0 Å². The number of anilines is 1. The van der Waals surface area contributed by atoms with E-state index in [4.69, 9.17) is 23.2 Å². The SMILES string of the molecule is CCN(CC)C(=O)c1cccc(NC(=O)Cc2ccc(Cl)cc2Cl)c1. The molecule has 0 aliphatic heterocycles. The molecule has 25 heavy (non-hydrogen) atoms. The minimum absolute atomic E-state index is 0.0538. The Labute approximate surface area is 157 Å². The number of carbonyl (C=O) groups is 2. The van der Waals surface area contributed by atoms with Crippen LogP contribution in [0.2, 0.25) is 10.0 Å². The van der Waals surface area contributed by atoms with Crippen molar-refractivity contribution in [3.05, 3.63) is 63.6 Å². The van der Waals surface area contributed by atoms with Crippen molar-refractivity contribution in [2.45, 2.75) is 20.3 Å². The van der Waals surface area contributed by atoms with E-state index in [2.05, 4.69) is 5.32 Å². The summed E-state index contributed by atoms with van der Waals surface area (Å²) in [5.41, 5.74) is 1.82. The lowest BCUT2D eigenvalue weighted by Crippen LogP contribution is -2.30. The lowest BCUT2D eigenvalue weighted by molar-refractivity contribution is -0.115. The van der Waals surface area contributed by atoms with Crippen LogP contribution in [0.15, 0.2) is 42.5 Å². The van der Waals surface area contributed by atoms with Crippen LogP contribution >= 0.6 is 23.2 Å². The molecule has 0 aliphatic rings. The fraction of sp³-hybridized carbons (Fsp3) is 0.263. The highest BCUT2D eigenvalue weighted by Gasteiger charge is 2.14. The largest absolute Gasteiger partial charge is 0.339 e. The topological polar surface area (TPSA) is 49.4 Å². The normalized spacial score (nSPS) is 10.4. The molecular weight excluding hydrogens is 359 g/mol. The van der Waals surface area contributed by atoms with Gasteiger partial charge in [0.15, 0.2) is 0 Å². The second kappa shape index (κ2) is 8.88. The minimum atomic E-state index is -0.211. The molecule has 1 N–H and O–H groups in total. The number of rotatable bonds is 6. The van der Waals surface area contributed by atoms with Crippen LogP contribution in [0.3, 0.4) is 0 Å². The molecule has 0 heterocycles. The highest BCUT2D eigenvalue weighted by molar-refractivity contribution is 6.35. The van der Waals surface area contributed by atoms with Gasteiger partial charge in [-0.05, 0) is 49.7 Å². The summed E-state index contributed by atoms with van der Waals surface area (Å²) in [5.74, 6) is -0.265. The Hall–Kier alpha value is -2.04. The minimum Gasteiger partial charge on any atom is -0.339 e. The van der Waals surface area contributed by atoms with Crippen molar-refractivity contribution in [3.8, 4) is 0 Å². The highest BCUT2D eigenvalue weighted by Crippen LogP contribution is 2.22. The zero-order valence-corrected chi connectivity index (χ0v) is 15.7. The lowest BCUT2D eigenvalue weighted by Gasteiger charge is -2.19. The average molecular weight is 379 g/mol. The van der Waals surface area contributed by atoms with Crippen molar-refractivity contribution in [1.82, 2.24) is 4.90 Å². The molecule has 0 aliphatic carbocycles. The van der Waals surface area contributed by atoms with E-state index in [1.54, 1.807) is 47.4 Å². The standard InChI is InChI=1S/C19H20Cl2N2O2/c1-3-23(4-2)19(25)14-6-5-7-16(10-14)22-18(24)11-13-8-9-15(20)12-17(13)21/h5-10,12H,3-4,11H2,1-2H3,(H,22,24). The Morgan fingerprint density at radius 2 is 1.76 bits per heavy atom. The van der Waals surface area contributed by atoms with Crippen molar-refractivity contribution in [3.63, 3.8) is 0 Å². The summed E-state index contributed by atoms with van der Waals surface area (Å²) in [6.45, 7) is 5.15. The fourth-order valence-corrected chi connectivity index (χ4v) is 2.94. The molecule has 2 amide bonds. The molecule has 0 saturated heterocycles. The predicted molar refractivity (Wildman–Crippen MR) is 102 cm³/mol. The fourth-order valence-electron chi connectivity index (χ4n) is 2.47. The number of amides is 2. The van der Waals surface area contributed by atoms with E-state index in [0.717, 1.165) is 0 Å². The predicted octanol–water partition coefficient (Wildman–Crippen LogP) is 4.66. The van der Waals surface area contributed by atoms with E-state index < -0.39 is 0 Å². The molecule has 2 aromatic rings. The van der Waals surface area contributed by atoms with Crippen LogP contribution < -0.4 is 5.32 Å². The zero-order chi connectivity index (χ0) is 18.4. The number of hydrogen-bond acceptors (Lipinski definition) is 2. The lowest BCUT2D eigenvalue weighted by atomic mass is 10.1. The summed E-state index contributed by atoms with van der Waals surface area (Å²) in [4.78, 5) is 26.4. The van der Waals surface area contributed by atoms with Gasteiger partial charge in [-0.25, -0.2) is 0 Å². The molecule has 0 aromatic heterocycles. The Morgan fingerprint density at radius 1 is 1.04 bits per heavy atom. The van der Waals surface area contributed by atoms with Gasteiger partial charge in [0.1, 0.15) is 0 Å². The maximum atomic E-state index is 12.4. The second-order valence-corrected chi connectivity index (χ2v) is 6.36. The second-order valence-electron chi connectivity index (χ2n) is 5.52. The van der Waals surface area contributed by atoms with Gasteiger partial charge in [0.25, 0.3) is 5.91 Å². The van der Waals surface area contributed by atoms with Crippen LogP contribution in [-0.4, -0.2) is 29.8 Å². The van der Waals surface area contributed by atoms with Crippen LogP contribution in [0, 0.1) is 0 Å². The third-order valence-corrected chi connectivity index (χ3v) is 4.40. The number of halogens is 2. The molecule has 132 valence electrons. The third kappa shape index (κ3) is 5.21. The quantitative estimate of drug-likeness (QED) is 0.794. The van der Waals surface area contributed by atoms with Crippen LogP contribution in [-0.2, 0) is 11.2 Å². The number of nitrogens with one attached hydrogen (secondary N) is 1. The molecule has 0 saturated carbocycles. The first-order valence-electron chi connectivity index (χ1n) is 8.07. The number of benzene rings is 2. The van der Waals surface area contributed by atoms with Gasteiger partial charge in [-0.3, -0.25) is 9.59 Å². The number of nitrogens with zero attached hydrogens (tertiary/aromatic N) is 1. The van der Waals surface area contributed by atoms with Crippen molar-refractivity contribution >= 4 is 40.7 Å². The number of carbonyl (C=O) groups excluding carboxylic acids is 2. The molecule has 2 aromatic carbocycles. The maximum Gasteiger partial charge on any atom is 0.253 e. The molecule has 0 bridgehead atoms. The van der Waals surface area contributed by atoms with E-state index in [1.807, 2.05) is 13.8 Å². The monoisotopic (exact) mass is 378 g/mol. The summed E-state index contributed by atoms with van der Waals surface area (Å²) in [6, 6.07) is 12.0. The Bertz CT molecular complexity index is 774. The summed E-state index contributed by atoms with van der Waals surface area (Å²) in [5, 5.41) is 3.78. The van der Waals surface area contributed by atoms with Crippen molar-refractivity contribution in [2.24, 2.45) is 0 Å². The Balaban J connectivity index is 2.08. The van der Waals surface area contributed by atoms with Crippen molar-refractivity contribution in [1.29, 1.82) is 0 Å². The molecule has 0 atom stereocenters. The highest BCUT2D eigenvalue weighted by atomic mass is 35.5. The van der Waals surface area contributed by atoms with Gasteiger partial charge in [-0.1, -0.05) is 35.3 Å². The molecule has 0 fully saturated rings. The molecule has 6 heteroatoms. The summed E-state index contributed by atoms with van der Waals surface area (Å²) < 4.78 is 0. The third-order valence-electron chi connectivity index (χ3n) is 3.81. The Morgan fingerprint density at radius 3 is 2.40 bits per heavy atom. The first kappa shape index (κ1) is 19.3. The van der Waals surface area contributed by atoms with Gasteiger partial charge >= 0.3 is 0 Å². The first-order valence-corrected chi connectivity index (χ1v) is 8.83. The summed E-state index contributed by atoms with van der Waals surface area (Å²) in [6.07, 6.45) is 0.129. The maximum absolute atomic E-state index is 12.4. The van der Waals surface area contributed by atoms with Crippen LogP contribution in [0.5, 0.6) is 0 Å². The van der Waals surface area contributed by atoms with Gasteiger partial charge in [0.05, 0.1) is 6.42 Å². The first-order chi connectivity index (χ1) is 11.9. The van der Waals surface area contributed by atoms with E-state index in [9.17, 15) is 9.59 Å². The molecule has 4 nitrogen and oxygen atoms in total. The summed E-state index contributed by atoms with van der Waals surface area (Å²) in [7, 11) is 0. The van der Waals surface area contributed by atoms with Gasteiger partial charge in [0.2, 0.25) is 5.91 Å². The van der Waals surface area contributed by atoms with Crippen LogP contribution in [0.4, 0.5) is 5.69 Å². The molecule has 0 radical (unpaired) electrons. The smallest absolute Gasteiger partial charge is 0.253 e.